The van der Waals surface area contributed by atoms with Crippen LogP contribution in [-0.4, -0.2) is 48.1 Å². The van der Waals surface area contributed by atoms with Gasteiger partial charge >= 0.3 is 6.03 Å². The van der Waals surface area contributed by atoms with Gasteiger partial charge in [-0.2, -0.15) is 0 Å². The van der Waals surface area contributed by atoms with Crippen molar-refractivity contribution in [1.29, 1.82) is 0 Å². The monoisotopic (exact) mass is 431 g/mol. The summed E-state index contributed by atoms with van der Waals surface area (Å²) in [6.07, 6.45) is 1.79. The van der Waals surface area contributed by atoms with E-state index in [1.54, 1.807) is 4.90 Å². The number of carbonyl (C=O) groups is 1. The van der Waals surface area contributed by atoms with Crippen LogP contribution in [0.1, 0.15) is 37.8 Å². The van der Waals surface area contributed by atoms with E-state index in [9.17, 15) is 13.6 Å². The number of urea groups is 1. The molecule has 1 aliphatic rings. The molecule has 1 fully saturated rings. The molecule has 0 bridgehead atoms. The fraction of sp³-hybridized carbons (Fsp3) is 0.458. The number of nitrogens with zero attached hydrogens (tertiary/aromatic N) is 2. The van der Waals surface area contributed by atoms with Crippen molar-refractivity contribution in [3.8, 4) is 5.75 Å². The molecule has 1 N–H and O–H groups in total. The molecule has 0 aliphatic carbocycles. The topological polar surface area (TPSA) is 44.8 Å². The average Bonchev–Trinajstić information content (AvgIpc) is 2.74. The van der Waals surface area contributed by atoms with Gasteiger partial charge in [-0.05, 0) is 82.2 Å². The third-order valence-corrected chi connectivity index (χ3v) is 5.47. The number of halogens is 2. The second-order valence-corrected chi connectivity index (χ2v) is 8.38. The first-order valence-corrected chi connectivity index (χ1v) is 10.7. The highest BCUT2D eigenvalue weighted by Crippen LogP contribution is 2.20. The first kappa shape index (κ1) is 23.0. The highest BCUT2D eigenvalue weighted by molar-refractivity contribution is 5.74. The van der Waals surface area contributed by atoms with Gasteiger partial charge < -0.3 is 19.9 Å². The van der Waals surface area contributed by atoms with Gasteiger partial charge in [0, 0.05) is 19.1 Å². The van der Waals surface area contributed by atoms with Crippen molar-refractivity contribution >= 4 is 6.03 Å². The van der Waals surface area contributed by atoms with Gasteiger partial charge in [-0.25, -0.2) is 13.6 Å². The first-order chi connectivity index (χ1) is 14.8. The molecule has 2 amide bonds. The summed E-state index contributed by atoms with van der Waals surface area (Å²) >= 11 is 0. The van der Waals surface area contributed by atoms with E-state index in [0.717, 1.165) is 49.4 Å². The zero-order valence-electron chi connectivity index (χ0n) is 18.4. The molecule has 168 valence electrons. The number of hydrogen-bond donors (Lipinski definition) is 1. The van der Waals surface area contributed by atoms with Crippen LogP contribution in [0, 0.1) is 11.6 Å². The van der Waals surface area contributed by atoms with Gasteiger partial charge in [0.25, 0.3) is 0 Å². The molecule has 7 heteroatoms. The van der Waals surface area contributed by atoms with Crippen molar-refractivity contribution < 1.29 is 18.3 Å². The zero-order chi connectivity index (χ0) is 22.4. The summed E-state index contributed by atoms with van der Waals surface area (Å²) in [7, 11) is 2.06. The highest BCUT2D eigenvalue weighted by atomic mass is 19.2. The number of nitrogens with one attached hydrogen (secondary N) is 1. The summed E-state index contributed by atoms with van der Waals surface area (Å²) in [6.45, 7) is 6.34. The van der Waals surface area contributed by atoms with Crippen LogP contribution in [0.2, 0.25) is 0 Å². The van der Waals surface area contributed by atoms with E-state index in [0.29, 0.717) is 12.1 Å². The molecule has 0 radical (unpaired) electrons. The largest absolute Gasteiger partial charge is 0.491 e. The standard InChI is InChI=1S/C24H31F2N3O2/c1-17(2)31-21-7-4-18(5-8-21)15-27-24(30)29(20-10-12-28(3)13-11-20)16-19-6-9-22(25)23(26)14-19/h4-9,14,17,20H,10-13,15-16H2,1-3H3,(H,27,30). The van der Waals surface area contributed by atoms with Gasteiger partial charge in [-0.1, -0.05) is 18.2 Å². The normalized spacial score (nSPS) is 15.2. The molecular formula is C24H31F2N3O2. The van der Waals surface area contributed by atoms with Crippen molar-refractivity contribution in [2.45, 2.75) is 51.9 Å². The third-order valence-electron chi connectivity index (χ3n) is 5.47. The molecule has 5 nitrogen and oxygen atoms in total. The second-order valence-electron chi connectivity index (χ2n) is 8.38. The molecule has 2 aromatic carbocycles. The van der Waals surface area contributed by atoms with Crippen LogP contribution in [0.4, 0.5) is 13.6 Å². The maximum absolute atomic E-state index is 13.7. The molecule has 1 aliphatic heterocycles. The highest BCUT2D eigenvalue weighted by Gasteiger charge is 2.27. The summed E-state index contributed by atoms with van der Waals surface area (Å²) in [5.74, 6) is -0.995. The summed E-state index contributed by atoms with van der Waals surface area (Å²) in [5, 5.41) is 2.98. The molecule has 3 rings (SSSR count). The van der Waals surface area contributed by atoms with Crippen LogP contribution < -0.4 is 10.1 Å². The van der Waals surface area contributed by atoms with Gasteiger partial charge in [-0.15, -0.1) is 0 Å². The van der Waals surface area contributed by atoms with Crippen LogP contribution in [0.3, 0.4) is 0 Å². The van der Waals surface area contributed by atoms with E-state index in [-0.39, 0.29) is 24.7 Å². The molecule has 0 atom stereocenters. The van der Waals surface area contributed by atoms with E-state index >= 15 is 0 Å². The van der Waals surface area contributed by atoms with Gasteiger partial charge in [0.2, 0.25) is 0 Å². The van der Waals surface area contributed by atoms with Gasteiger partial charge in [0.05, 0.1) is 6.10 Å². The van der Waals surface area contributed by atoms with Gasteiger partial charge in [0.1, 0.15) is 5.75 Å². The van der Waals surface area contributed by atoms with Crippen LogP contribution >= 0.6 is 0 Å². The fourth-order valence-corrected chi connectivity index (χ4v) is 3.75. The second kappa shape index (κ2) is 10.6. The molecule has 0 spiro atoms. The summed E-state index contributed by atoms with van der Waals surface area (Å²) in [6, 6.07) is 11.3. The number of piperidine rings is 1. The molecule has 0 saturated carbocycles. The Labute approximate surface area is 183 Å². The molecule has 31 heavy (non-hydrogen) atoms. The lowest BCUT2D eigenvalue weighted by atomic mass is 10.0. The minimum absolute atomic E-state index is 0.0473. The Kier molecular flexibility index (Phi) is 7.85. The smallest absolute Gasteiger partial charge is 0.318 e. The lowest BCUT2D eigenvalue weighted by Crippen LogP contribution is -2.49. The molecule has 2 aromatic rings. The third kappa shape index (κ3) is 6.66. The zero-order valence-corrected chi connectivity index (χ0v) is 18.4. The van der Waals surface area contributed by atoms with Crippen molar-refractivity contribution in [2.75, 3.05) is 20.1 Å². The first-order valence-electron chi connectivity index (χ1n) is 10.7. The summed E-state index contributed by atoms with van der Waals surface area (Å²) < 4.78 is 32.7. The molecule has 1 saturated heterocycles. The average molecular weight is 432 g/mol. The van der Waals surface area contributed by atoms with Gasteiger partial charge in [0.15, 0.2) is 11.6 Å². The molecule has 0 unspecified atom stereocenters. The summed E-state index contributed by atoms with van der Waals surface area (Å²) in [4.78, 5) is 17.0. The van der Waals surface area contributed by atoms with Crippen LogP contribution in [0.5, 0.6) is 5.75 Å². The number of likely N-dealkylation sites (tertiary alicyclic amines) is 1. The van der Waals surface area contributed by atoms with E-state index in [4.69, 9.17) is 4.74 Å². The predicted octanol–water partition coefficient (Wildman–Crippen LogP) is 4.56. The van der Waals surface area contributed by atoms with Crippen molar-refractivity contribution in [2.24, 2.45) is 0 Å². The maximum Gasteiger partial charge on any atom is 0.318 e. The number of benzene rings is 2. The lowest BCUT2D eigenvalue weighted by molar-refractivity contribution is 0.127. The SMILES string of the molecule is CC(C)Oc1ccc(CNC(=O)N(Cc2ccc(F)c(F)c2)C2CCN(C)CC2)cc1. The van der Waals surface area contributed by atoms with Crippen LogP contribution in [-0.2, 0) is 13.1 Å². The Bertz CT molecular complexity index is 866. The Morgan fingerprint density at radius 1 is 1.10 bits per heavy atom. The maximum atomic E-state index is 13.7. The molecular weight excluding hydrogens is 400 g/mol. The van der Waals surface area contributed by atoms with Crippen LogP contribution in [0.15, 0.2) is 42.5 Å². The number of carbonyl (C=O) groups excluding carboxylic acids is 1. The number of amides is 2. The minimum Gasteiger partial charge on any atom is -0.491 e. The van der Waals surface area contributed by atoms with Crippen molar-refractivity contribution in [3.63, 3.8) is 0 Å². The minimum atomic E-state index is -0.898. The van der Waals surface area contributed by atoms with E-state index in [1.807, 2.05) is 38.1 Å². The predicted molar refractivity (Wildman–Crippen MR) is 117 cm³/mol. The number of hydrogen-bond acceptors (Lipinski definition) is 3. The fourth-order valence-electron chi connectivity index (χ4n) is 3.75. The Hall–Kier alpha value is -2.67. The van der Waals surface area contributed by atoms with Crippen molar-refractivity contribution in [1.82, 2.24) is 15.1 Å². The molecule has 0 aromatic heterocycles. The van der Waals surface area contributed by atoms with Crippen LogP contribution in [0.25, 0.3) is 0 Å². The number of rotatable bonds is 7. The summed E-state index contributed by atoms with van der Waals surface area (Å²) in [5.41, 5.74) is 1.53. The quantitative estimate of drug-likeness (QED) is 0.699. The van der Waals surface area contributed by atoms with E-state index < -0.39 is 11.6 Å². The Balaban J connectivity index is 1.67. The molecule has 1 heterocycles. The van der Waals surface area contributed by atoms with E-state index in [1.165, 1.54) is 6.07 Å². The lowest BCUT2D eigenvalue weighted by Gasteiger charge is -2.37. The van der Waals surface area contributed by atoms with Crippen molar-refractivity contribution in [3.05, 3.63) is 65.2 Å². The van der Waals surface area contributed by atoms with Gasteiger partial charge in [-0.3, -0.25) is 0 Å². The Morgan fingerprint density at radius 2 is 1.74 bits per heavy atom. The van der Waals surface area contributed by atoms with E-state index in [2.05, 4.69) is 17.3 Å². The number of ether oxygens (including phenoxy) is 1. The Morgan fingerprint density at radius 3 is 2.35 bits per heavy atom.